The summed E-state index contributed by atoms with van der Waals surface area (Å²) >= 11 is 0. The maximum Gasteiger partial charge on any atom is 0.129 e. The van der Waals surface area contributed by atoms with Gasteiger partial charge >= 0.3 is 0 Å². The number of benzene rings is 1. The molecule has 3 aliphatic rings. The summed E-state index contributed by atoms with van der Waals surface area (Å²) in [5.41, 5.74) is 2.43. The van der Waals surface area contributed by atoms with Gasteiger partial charge < -0.3 is 0 Å². The van der Waals surface area contributed by atoms with Gasteiger partial charge in [0.05, 0.1) is 0 Å². The summed E-state index contributed by atoms with van der Waals surface area (Å²) < 4.78 is 28.3. The van der Waals surface area contributed by atoms with Crippen molar-refractivity contribution in [3.63, 3.8) is 0 Å². The van der Waals surface area contributed by atoms with E-state index in [4.69, 9.17) is 0 Å². The third-order valence-electron chi connectivity index (χ3n) is 8.04. The molecule has 1 unspecified atom stereocenters. The molecule has 1 aromatic carbocycles. The molecule has 0 radical (unpaired) electrons. The molecule has 0 spiro atoms. The first kappa shape index (κ1) is 20.8. The Morgan fingerprint density at radius 1 is 0.862 bits per heavy atom. The molecule has 0 heterocycles. The molecule has 4 rings (SSSR count). The van der Waals surface area contributed by atoms with Crippen molar-refractivity contribution in [2.45, 2.75) is 84.0 Å². The van der Waals surface area contributed by atoms with Crippen molar-refractivity contribution >= 4 is 0 Å². The highest BCUT2D eigenvalue weighted by molar-refractivity contribution is 5.36. The molecule has 0 saturated heterocycles. The van der Waals surface area contributed by atoms with Crippen LogP contribution in [0.2, 0.25) is 0 Å². The van der Waals surface area contributed by atoms with Crippen LogP contribution < -0.4 is 0 Å². The lowest BCUT2D eigenvalue weighted by molar-refractivity contribution is 0.159. The summed E-state index contributed by atoms with van der Waals surface area (Å²) in [5.74, 6) is 2.83. The molecular weight excluding hydrogens is 362 g/mol. The number of rotatable bonds is 4. The van der Waals surface area contributed by atoms with Crippen molar-refractivity contribution in [1.82, 2.24) is 0 Å². The number of allylic oxidation sites excluding steroid dienone is 4. The second-order valence-corrected chi connectivity index (χ2v) is 9.85. The Balaban J connectivity index is 1.32. The normalized spacial score (nSPS) is 32.8. The van der Waals surface area contributed by atoms with Gasteiger partial charge in [-0.25, -0.2) is 8.78 Å². The van der Waals surface area contributed by atoms with Gasteiger partial charge in [-0.15, -0.1) is 0 Å². The molecule has 1 aromatic rings. The summed E-state index contributed by atoms with van der Waals surface area (Å²) in [6, 6.07) is 3.07. The van der Waals surface area contributed by atoms with Crippen LogP contribution in [0.5, 0.6) is 0 Å². The molecule has 0 aromatic heterocycles. The molecule has 3 aliphatic carbocycles. The van der Waals surface area contributed by atoms with Crippen LogP contribution in [0, 0.1) is 35.3 Å². The minimum atomic E-state index is -0.402. The molecule has 0 nitrogen and oxygen atoms in total. The molecule has 158 valence electrons. The molecule has 2 heteroatoms. The maximum atomic E-state index is 14.2. The van der Waals surface area contributed by atoms with Crippen molar-refractivity contribution in [3.8, 4) is 0 Å². The van der Waals surface area contributed by atoms with Gasteiger partial charge in [0, 0.05) is 11.5 Å². The van der Waals surface area contributed by atoms with Crippen LogP contribution in [0.4, 0.5) is 8.78 Å². The number of halogens is 2. The largest absolute Gasteiger partial charge is 0.207 e. The molecule has 0 amide bonds. The summed E-state index contributed by atoms with van der Waals surface area (Å²) in [6.45, 7) is 4.20. The second kappa shape index (κ2) is 9.14. The fourth-order valence-corrected chi connectivity index (χ4v) is 6.04. The van der Waals surface area contributed by atoms with E-state index in [1.54, 1.807) is 6.92 Å². The molecular formula is C27H36F2. The van der Waals surface area contributed by atoms with Crippen molar-refractivity contribution < 1.29 is 8.78 Å². The van der Waals surface area contributed by atoms with Crippen LogP contribution in [0.1, 0.15) is 88.7 Å². The van der Waals surface area contributed by atoms with E-state index in [9.17, 15) is 8.78 Å². The zero-order valence-corrected chi connectivity index (χ0v) is 18.1. The maximum absolute atomic E-state index is 14.2. The average molecular weight is 399 g/mol. The van der Waals surface area contributed by atoms with Gasteiger partial charge in [-0.3, -0.25) is 0 Å². The fourth-order valence-electron chi connectivity index (χ4n) is 6.04. The lowest BCUT2D eigenvalue weighted by Gasteiger charge is -2.38. The quantitative estimate of drug-likeness (QED) is 0.480. The second-order valence-electron chi connectivity index (χ2n) is 9.85. The minimum absolute atomic E-state index is 0.0919. The van der Waals surface area contributed by atoms with E-state index >= 15 is 0 Å². The van der Waals surface area contributed by atoms with E-state index in [1.807, 2.05) is 0 Å². The topological polar surface area (TPSA) is 0 Å². The molecule has 1 atom stereocenters. The van der Waals surface area contributed by atoms with Gasteiger partial charge in [-0.05, 0) is 98.3 Å². The predicted molar refractivity (Wildman–Crippen MR) is 117 cm³/mol. The summed E-state index contributed by atoms with van der Waals surface area (Å²) in [6.07, 6.45) is 19.1. The zero-order chi connectivity index (χ0) is 20.4. The third-order valence-corrected chi connectivity index (χ3v) is 8.04. The number of hydrogen-bond acceptors (Lipinski definition) is 0. The summed E-state index contributed by atoms with van der Waals surface area (Å²) in [4.78, 5) is 0. The van der Waals surface area contributed by atoms with Gasteiger partial charge in [0.2, 0.25) is 0 Å². The Morgan fingerprint density at radius 3 is 1.97 bits per heavy atom. The molecule has 2 saturated carbocycles. The highest BCUT2D eigenvalue weighted by Crippen LogP contribution is 2.44. The van der Waals surface area contributed by atoms with E-state index in [2.05, 4.69) is 25.2 Å². The van der Waals surface area contributed by atoms with Crippen LogP contribution in [0.3, 0.4) is 0 Å². The Kier molecular flexibility index (Phi) is 6.56. The minimum Gasteiger partial charge on any atom is -0.207 e. The zero-order valence-electron chi connectivity index (χ0n) is 18.1. The molecule has 0 bridgehead atoms. The SMILES string of the molecule is CCc1c(F)cc(C2C=CC(C3CCC(C4CCC(C)CC4)CC3)=CC2)cc1F. The first-order chi connectivity index (χ1) is 14.0. The smallest absolute Gasteiger partial charge is 0.129 e. The summed E-state index contributed by atoms with van der Waals surface area (Å²) in [7, 11) is 0. The van der Waals surface area contributed by atoms with Crippen molar-refractivity contribution in [3.05, 3.63) is 58.7 Å². The molecule has 0 N–H and O–H groups in total. The summed E-state index contributed by atoms with van der Waals surface area (Å²) in [5, 5.41) is 0. The van der Waals surface area contributed by atoms with Crippen molar-refractivity contribution in [2.75, 3.05) is 0 Å². The van der Waals surface area contributed by atoms with Gasteiger partial charge in [-0.1, -0.05) is 44.9 Å². The average Bonchev–Trinajstić information content (AvgIpc) is 2.74. The van der Waals surface area contributed by atoms with Gasteiger partial charge in [0.1, 0.15) is 11.6 Å². The molecule has 0 aliphatic heterocycles. The highest BCUT2D eigenvalue weighted by Gasteiger charge is 2.31. The monoisotopic (exact) mass is 398 g/mol. The first-order valence-corrected chi connectivity index (χ1v) is 11.9. The van der Waals surface area contributed by atoms with E-state index < -0.39 is 11.6 Å². The van der Waals surface area contributed by atoms with Crippen LogP contribution >= 0.6 is 0 Å². The third kappa shape index (κ3) is 4.67. The Bertz CT molecular complexity index is 736. The Labute approximate surface area is 175 Å². The van der Waals surface area contributed by atoms with Crippen LogP contribution in [0.25, 0.3) is 0 Å². The fraction of sp³-hybridized carbons (Fsp3) is 0.630. The lowest BCUT2D eigenvalue weighted by Crippen LogP contribution is -2.25. The first-order valence-electron chi connectivity index (χ1n) is 11.9. The van der Waals surface area contributed by atoms with Crippen LogP contribution in [-0.2, 0) is 6.42 Å². The van der Waals surface area contributed by atoms with E-state index in [0.29, 0.717) is 12.3 Å². The van der Waals surface area contributed by atoms with E-state index in [1.165, 1.54) is 69.1 Å². The van der Waals surface area contributed by atoms with Crippen LogP contribution in [-0.4, -0.2) is 0 Å². The van der Waals surface area contributed by atoms with E-state index in [-0.39, 0.29) is 11.5 Å². The predicted octanol–water partition coefficient (Wildman–Crippen LogP) is 8.13. The van der Waals surface area contributed by atoms with Crippen molar-refractivity contribution in [1.29, 1.82) is 0 Å². The lowest BCUT2D eigenvalue weighted by atomic mass is 9.68. The Morgan fingerprint density at radius 2 is 1.45 bits per heavy atom. The standard InChI is InChI=1S/C27H36F2/c1-3-25-26(28)16-24(17-27(25)29)23-14-12-22(13-15-23)21-10-8-20(9-11-21)19-6-4-18(2)5-7-19/h12-14,16-21,23H,3-11,15H2,1-2H3. The van der Waals surface area contributed by atoms with Crippen LogP contribution in [0.15, 0.2) is 35.9 Å². The molecule has 29 heavy (non-hydrogen) atoms. The van der Waals surface area contributed by atoms with Gasteiger partial charge in [0.15, 0.2) is 0 Å². The van der Waals surface area contributed by atoms with Gasteiger partial charge in [-0.2, -0.15) is 0 Å². The van der Waals surface area contributed by atoms with Gasteiger partial charge in [0.25, 0.3) is 0 Å². The van der Waals surface area contributed by atoms with E-state index in [0.717, 1.165) is 29.7 Å². The van der Waals surface area contributed by atoms with Crippen molar-refractivity contribution in [2.24, 2.45) is 23.7 Å². The Hall–Kier alpha value is -1.44. The highest BCUT2D eigenvalue weighted by atomic mass is 19.1. The number of hydrogen-bond donors (Lipinski definition) is 0. The molecule has 2 fully saturated rings.